The van der Waals surface area contributed by atoms with Crippen LogP contribution >= 0.6 is 0 Å². The van der Waals surface area contributed by atoms with Gasteiger partial charge in [0.1, 0.15) is 0 Å². The Bertz CT molecular complexity index is 271. The van der Waals surface area contributed by atoms with Gasteiger partial charge in [-0.25, -0.2) is 4.79 Å². The van der Waals surface area contributed by atoms with Crippen LogP contribution in [0.4, 0.5) is 4.79 Å². The normalized spacial score (nSPS) is 22.2. The number of hydrogen-bond acceptors (Lipinski definition) is 2. The van der Waals surface area contributed by atoms with E-state index in [1.54, 1.807) is 0 Å². The number of carbonyl (C=O) groups excluding carboxylic acids is 1. The lowest BCUT2D eigenvalue weighted by Crippen LogP contribution is -2.51. The van der Waals surface area contributed by atoms with Crippen LogP contribution in [0.2, 0.25) is 0 Å². The van der Waals surface area contributed by atoms with Crippen LogP contribution in [0, 0.1) is 0 Å². The Morgan fingerprint density at radius 1 is 1.00 bits per heavy atom. The highest BCUT2D eigenvalue weighted by atomic mass is 16.2. The first-order valence-corrected chi connectivity index (χ1v) is 8.08. The third-order valence-electron chi connectivity index (χ3n) is 4.58. The molecule has 110 valence electrons. The van der Waals surface area contributed by atoms with Crippen LogP contribution in [-0.4, -0.2) is 36.1 Å². The third kappa shape index (κ3) is 4.37. The Hall–Kier alpha value is -0.770. The van der Waals surface area contributed by atoms with Crippen molar-refractivity contribution in [2.45, 2.75) is 76.3 Å². The van der Waals surface area contributed by atoms with E-state index in [1.165, 1.54) is 38.5 Å². The molecule has 2 aliphatic rings. The number of nitrogens with two attached hydrogens (primary N) is 1. The zero-order valence-electron chi connectivity index (χ0n) is 12.1. The van der Waals surface area contributed by atoms with Gasteiger partial charge >= 0.3 is 6.03 Å². The lowest BCUT2D eigenvalue weighted by Gasteiger charge is -2.35. The Kier molecular flexibility index (Phi) is 5.95. The summed E-state index contributed by atoms with van der Waals surface area (Å²) in [5.41, 5.74) is 5.69. The molecule has 0 heterocycles. The summed E-state index contributed by atoms with van der Waals surface area (Å²) in [7, 11) is 0. The molecule has 0 aromatic carbocycles. The Morgan fingerprint density at radius 2 is 1.58 bits per heavy atom. The molecule has 2 rings (SSSR count). The van der Waals surface area contributed by atoms with Crippen LogP contribution in [0.5, 0.6) is 0 Å². The molecule has 0 bridgehead atoms. The molecule has 0 unspecified atom stereocenters. The monoisotopic (exact) mass is 267 g/mol. The molecule has 0 atom stereocenters. The summed E-state index contributed by atoms with van der Waals surface area (Å²) >= 11 is 0. The van der Waals surface area contributed by atoms with Crippen LogP contribution in [0.3, 0.4) is 0 Å². The summed E-state index contributed by atoms with van der Waals surface area (Å²) in [5.74, 6) is 0. The largest absolute Gasteiger partial charge is 0.335 e. The zero-order valence-corrected chi connectivity index (χ0v) is 12.1. The van der Waals surface area contributed by atoms with Crippen LogP contribution in [0.1, 0.15) is 64.2 Å². The lowest BCUT2D eigenvalue weighted by atomic mass is 9.94. The van der Waals surface area contributed by atoms with E-state index in [0.29, 0.717) is 25.2 Å². The average molecular weight is 267 g/mol. The molecule has 0 aromatic rings. The Labute approximate surface area is 117 Å². The second kappa shape index (κ2) is 7.73. The number of rotatable bonds is 4. The van der Waals surface area contributed by atoms with Gasteiger partial charge in [0.05, 0.1) is 0 Å². The second-order valence-corrected chi connectivity index (χ2v) is 6.06. The maximum atomic E-state index is 12.5. The number of amides is 2. The molecular weight excluding hydrogens is 238 g/mol. The fraction of sp³-hybridized carbons (Fsp3) is 0.933. The van der Waals surface area contributed by atoms with Crippen LogP contribution in [0.25, 0.3) is 0 Å². The predicted octanol–water partition coefficient (Wildman–Crippen LogP) is 2.62. The van der Waals surface area contributed by atoms with Gasteiger partial charge in [-0.1, -0.05) is 38.5 Å². The predicted molar refractivity (Wildman–Crippen MR) is 78.0 cm³/mol. The standard InChI is InChI=1S/C15H29N3O/c16-11-12-18(14-9-5-2-6-10-14)15(19)17-13-7-3-1-4-8-13/h13-14H,1-12,16H2,(H,17,19). The molecule has 0 aliphatic heterocycles. The Morgan fingerprint density at radius 3 is 2.16 bits per heavy atom. The van der Waals surface area contributed by atoms with Gasteiger partial charge in [0, 0.05) is 25.2 Å². The molecule has 2 amide bonds. The van der Waals surface area contributed by atoms with Gasteiger partial charge in [0.2, 0.25) is 0 Å². The quantitative estimate of drug-likeness (QED) is 0.822. The SMILES string of the molecule is NCCN(C(=O)NC1CCCCC1)C1CCCCC1. The second-order valence-electron chi connectivity index (χ2n) is 6.06. The van der Waals surface area contributed by atoms with Crippen molar-refractivity contribution < 1.29 is 4.79 Å². The van der Waals surface area contributed by atoms with Crippen LogP contribution in [-0.2, 0) is 0 Å². The van der Waals surface area contributed by atoms with Gasteiger partial charge in [-0.15, -0.1) is 0 Å². The summed E-state index contributed by atoms with van der Waals surface area (Å²) in [6.45, 7) is 1.26. The fourth-order valence-electron chi connectivity index (χ4n) is 3.49. The van der Waals surface area contributed by atoms with E-state index < -0.39 is 0 Å². The van der Waals surface area contributed by atoms with Gasteiger partial charge < -0.3 is 16.0 Å². The smallest absolute Gasteiger partial charge is 0.317 e. The first-order chi connectivity index (χ1) is 9.31. The first-order valence-electron chi connectivity index (χ1n) is 8.08. The highest BCUT2D eigenvalue weighted by Gasteiger charge is 2.26. The maximum Gasteiger partial charge on any atom is 0.317 e. The van der Waals surface area contributed by atoms with Gasteiger partial charge in [0.15, 0.2) is 0 Å². The summed E-state index contributed by atoms with van der Waals surface area (Å²) in [4.78, 5) is 14.5. The fourth-order valence-corrected chi connectivity index (χ4v) is 3.49. The minimum absolute atomic E-state index is 0.129. The molecule has 0 aromatic heterocycles. The minimum Gasteiger partial charge on any atom is -0.335 e. The van der Waals surface area contributed by atoms with Crippen LogP contribution < -0.4 is 11.1 Å². The van der Waals surface area contributed by atoms with Crippen molar-refractivity contribution in [3.8, 4) is 0 Å². The summed E-state index contributed by atoms with van der Waals surface area (Å²) in [6, 6.07) is 0.940. The minimum atomic E-state index is 0.129. The van der Waals surface area contributed by atoms with Crippen molar-refractivity contribution in [3.63, 3.8) is 0 Å². The zero-order chi connectivity index (χ0) is 13.5. The van der Waals surface area contributed by atoms with Crippen molar-refractivity contribution in [1.29, 1.82) is 0 Å². The highest BCUT2D eigenvalue weighted by Crippen LogP contribution is 2.23. The molecule has 4 heteroatoms. The van der Waals surface area contributed by atoms with Gasteiger partial charge in [-0.3, -0.25) is 0 Å². The van der Waals surface area contributed by atoms with E-state index in [0.717, 1.165) is 25.7 Å². The van der Waals surface area contributed by atoms with Gasteiger partial charge in [-0.05, 0) is 25.7 Å². The highest BCUT2D eigenvalue weighted by molar-refractivity contribution is 5.75. The maximum absolute atomic E-state index is 12.5. The summed E-state index contributed by atoms with van der Waals surface area (Å²) in [6.07, 6.45) is 12.2. The molecule has 0 saturated heterocycles. The van der Waals surface area contributed by atoms with E-state index in [4.69, 9.17) is 5.73 Å². The molecule has 19 heavy (non-hydrogen) atoms. The van der Waals surface area contributed by atoms with Crippen molar-refractivity contribution >= 4 is 6.03 Å². The molecular formula is C15H29N3O. The van der Waals surface area contributed by atoms with E-state index in [-0.39, 0.29) is 6.03 Å². The van der Waals surface area contributed by atoms with Crippen molar-refractivity contribution in [1.82, 2.24) is 10.2 Å². The number of hydrogen-bond donors (Lipinski definition) is 2. The van der Waals surface area contributed by atoms with E-state index in [2.05, 4.69) is 5.32 Å². The van der Waals surface area contributed by atoms with Gasteiger partial charge in [0.25, 0.3) is 0 Å². The van der Waals surface area contributed by atoms with E-state index in [9.17, 15) is 4.79 Å². The first kappa shape index (κ1) is 14.6. The van der Waals surface area contributed by atoms with Crippen LogP contribution in [0.15, 0.2) is 0 Å². The van der Waals surface area contributed by atoms with Crippen molar-refractivity contribution in [3.05, 3.63) is 0 Å². The molecule has 2 saturated carbocycles. The molecule has 2 fully saturated rings. The number of nitrogens with one attached hydrogen (secondary N) is 1. The number of nitrogens with zero attached hydrogens (tertiary/aromatic N) is 1. The molecule has 2 aliphatic carbocycles. The van der Waals surface area contributed by atoms with Gasteiger partial charge in [-0.2, -0.15) is 0 Å². The van der Waals surface area contributed by atoms with Crippen molar-refractivity contribution in [2.75, 3.05) is 13.1 Å². The Balaban J connectivity index is 1.87. The number of urea groups is 1. The summed E-state index contributed by atoms with van der Waals surface area (Å²) < 4.78 is 0. The average Bonchev–Trinajstić information content (AvgIpc) is 2.46. The summed E-state index contributed by atoms with van der Waals surface area (Å²) in [5, 5.41) is 3.23. The molecule has 0 spiro atoms. The lowest BCUT2D eigenvalue weighted by molar-refractivity contribution is 0.152. The van der Waals surface area contributed by atoms with E-state index in [1.807, 2.05) is 4.90 Å². The van der Waals surface area contributed by atoms with E-state index >= 15 is 0 Å². The molecule has 0 radical (unpaired) electrons. The number of carbonyl (C=O) groups is 1. The third-order valence-corrected chi connectivity index (χ3v) is 4.58. The molecule has 4 nitrogen and oxygen atoms in total. The topological polar surface area (TPSA) is 58.4 Å². The van der Waals surface area contributed by atoms with Crippen molar-refractivity contribution in [2.24, 2.45) is 5.73 Å². The molecule has 3 N–H and O–H groups in total.